The van der Waals surface area contributed by atoms with Crippen LogP contribution in [0.25, 0.3) is 0 Å². The van der Waals surface area contributed by atoms with Crippen molar-refractivity contribution in [2.24, 2.45) is 0 Å². The van der Waals surface area contributed by atoms with E-state index in [1.54, 1.807) is 0 Å². The number of anilines is 1. The van der Waals surface area contributed by atoms with Gasteiger partial charge in [-0.2, -0.15) is 4.98 Å². The molecular formula is C9H16N4O. The van der Waals surface area contributed by atoms with Crippen LogP contribution in [0.3, 0.4) is 0 Å². The highest BCUT2D eigenvalue weighted by Gasteiger charge is 2.21. The molecule has 14 heavy (non-hydrogen) atoms. The third-order valence-corrected chi connectivity index (χ3v) is 2.44. The molecule has 2 rings (SSSR count). The second kappa shape index (κ2) is 3.96. The molecule has 1 aliphatic heterocycles. The van der Waals surface area contributed by atoms with Gasteiger partial charge in [-0.3, -0.25) is 0 Å². The van der Waals surface area contributed by atoms with Crippen LogP contribution in [-0.4, -0.2) is 30.8 Å². The fourth-order valence-electron chi connectivity index (χ4n) is 1.61. The van der Waals surface area contributed by atoms with Crippen molar-refractivity contribution < 1.29 is 4.52 Å². The summed E-state index contributed by atoms with van der Waals surface area (Å²) >= 11 is 0. The van der Waals surface area contributed by atoms with Gasteiger partial charge < -0.3 is 14.7 Å². The molecule has 1 atom stereocenters. The molecule has 5 nitrogen and oxygen atoms in total. The quantitative estimate of drug-likeness (QED) is 0.763. The first-order valence-corrected chi connectivity index (χ1v) is 5.01. The zero-order valence-corrected chi connectivity index (χ0v) is 8.66. The first kappa shape index (κ1) is 9.45. The lowest BCUT2D eigenvalue weighted by Crippen LogP contribution is -2.27. The summed E-state index contributed by atoms with van der Waals surface area (Å²) in [6, 6.07) is 0.255. The van der Waals surface area contributed by atoms with E-state index < -0.39 is 0 Å². The molecule has 0 unspecified atom stereocenters. The largest absolute Gasteiger partial charge is 0.344 e. The van der Waals surface area contributed by atoms with E-state index >= 15 is 0 Å². The maximum atomic E-state index is 5.20. The number of nitrogens with zero attached hydrogens (tertiary/aromatic N) is 3. The van der Waals surface area contributed by atoms with Crippen LogP contribution in [0.5, 0.6) is 0 Å². The normalized spacial score (nSPS) is 22.3. The first-order valence-electron chi connectivity index (χ1n) is 5.01. The Hall–Kier alpha value is -1.10. The van der Waals surface area contributed by atoms with Crippen molar-refractivity contribution in [2.45, 2.75) is 25.3 Å². The molecule has 0 bridgehead atoms. The molecule has 0 amide bonds. The Morgan fingerprint density at radius 1 is 1.43 bits per heavy atom. The van der Waals surface area contributed by atoms with Crippen LogP contribution in [-0.2, 0) is 0 Å². The number of piperidine rings is 1. The number of nitrogens with one attached hydrogen (secondary N) is 1. The second-order valence-corrected chi connectivity index (χ2v) is 3.83. The lowest BCUT2D eigenvalue weighted by Gasteiger charge is -2.19. The van der Waals surface area contributed by atoms with Gasteiger partial charge in [0.2, 0.25) is 5.89 Å². The molecule has 0 aliphatic carbocycles. The Bertz CT molecular complexity index is 291. The number of hydrogen-bond donors (Lipinski definition) is 1. The molecule has 0 aromatic carbocycles. The van der Waals surface area contributed by atoms with Crippen molar-refractivity contribution in [1.82, 2.24) is 15.5 Å². The zero-order chi connectivity index (χ0) is 9.97. The lowest BCUT2D eigenvalue weighted by molar-refractivity contribution is 0.297. The lowest BCUT2D eigenvalue weighted by atomic mass is 10.1. The van der Waals surface area contributed by atoms with Gasteiger partial charge in [0, 0.05) is 14.1 Å². The van der Waals surface area contributed by atoms with Crippen LogP contribution in [0.4, 0.5) is 5.95 Å². The molecule has 1 N–H and O–H groups in total. The number of hydrogen-bond acceptors (Lipinski definition) is 5. The SMILES string of the molecule is CN(C)c1noc([C@@H]2CCCCN2)n1. The second-order valence-electron chi connectivity index (χ2n) is 3.83. The highest BCUT2D eigenvalue weighted by Crippen LogP contribution is 2.22. The van der Waals surface area contributed by atoms with Gasteiger partial charge in [0.15, 0.2) is 0 Å². The predicted octanol–water partition coefficient (Wildman–Crippen LogP) is 0.950. The minimum atomic E-state index is 0.255. The maximum absolute atomic E-state index is 5.20. The fourth-order valence-corrected chi connectivity index (χ4v) is 1.61. The third kappa shape index (κ3) is 1.87. The average molecular weight is 196 g/mol. The van der Waals surface area contributed by atoms with Crippen LogP contribution >= 0.6 is 0 Å². The maximum Gasteiger partial charge on any atom is 0.265 e. The molecule has 1 fully saturated rings. The van der Waals surface area contributed by atoms with E-state index in [0.29, 0.717) is 11.8 Å². The average Bonchev–Trinajstić information content (AvgIpc) is 2.68. The highest BCUT2D eigenvalue weighted by molar-refractivity contribution is 5.24. The predicted molar refractivity (Wildman–Crippen MR) is 53.2 cm³/mol. The fraction of sp³-hybridized carbons (Fsp3) is 0.778. The summed E-state index contributed by atoms with van der Waals surface area (Å²) in [6.45, 7) is 1.05. The summed E-state index contributed by atoms with van der Waals surface area (Å²) < 4.78 is 5.20. The van der Waals surface area contributed by atoms with Gasteiger partial charge in [0.25, 0.3) is 5.95 Å². The van der Waals surface area contributed by atoms with Crippen LogP contribution < -0.4 is 10.2 Å². The molecule has 0 saturated carbocycles. The highest BCUT2D eigenvalue weighted by atomic mass is 16.5. The van der Waals surface area contributed by atoms with Gasteiger partial charge in [0.05, 0.1) is 6.04 Å². The van der Waals surface area contributed by atoms with Crippen LogP contribution in [0.2, 0.25) is 0 Å². The minimum absolute atomic E-state index is 0.255. The van der Waals surface area contributed by atoms with E-state index in [0.717, 1.165) is 13.0 Å². The zero-order valence-electron chi connectivity index (χ0n) is 8.66. The van der Waals surface area contributed by atoms with Crippen molar-refractivity contribution in [3.05, 3.63) is 5.89 Å². The Labute approximate surface area is 83.5 Å². The van der Waals surface area contributed by atoms with Crippen molar-refractivity contribution in [3.8, 4) is 0 Å². The molecule has 2 heterocycles. The van der Waals surface area contributed by atoms with Gasteiger partial charge in [-0.1, -0.05) is 6.42 Å². The minimum Gasteiger partial charge on any atom is -0.344 e. The van der Waals surface area contributed by atoms with E-state index in [1.807, 2.05) is 19.0 Å². The van der Waals surface area contributed by atoms with Gasteiger partial charge in [-0.25, -0.2) is 0 Å². The Morgan fingerprint density at radius 2 is 2.29 bits per heavy atom. The molecular weight excluding hydrogens is 180 g/mol. The van der Waals surface area contributed by atoms with Gasteiger partial charge in [-0.05, 0) is 24.5 Å². The van der Waals surface area contributed by atoms with Crippen LogP contribution in [0, 0.1) is 0 Å². The molecule has 78 valence electrons. The summed E-state index contributed by atoms with van der Waals surface area (Å²) in [5, 5.41) is 7.26. The summed E-state index contributed by atoms with van der Waals surface area (Å²) in [7, 11) is 3.81. The summed E-state index contributed by atoms with van der Waals surface area (Å²) in [5.41, 5.74) is 0. The Balaban J connectivity index is 2.07. The number of aromatic nitrogens is 2. The van der Waals surface area contributed by atoms with Gasteiger partial charge >= 0.3 is 0 Å². The first-order chi connectivity index (χ1) is 6.77. The van der Waals surface area contributed by atoms with Gasteiger partial charge in [-0.15, -0.1) is 0 Å². The van der Waals surface area contributed by atoms with Crippen molar-refractivity contribution in [1.29, 1.82) is 0 Å². The third-order valence-electron chi connectivity index (χ3n) is 2.44. The molecule has 1 aromatic heterocycles. The molecule has 0 radical (unpaired) electrons. The topological polar surface area (TPSA) is 54.2 Å². The van der Waals surface area contributed by atoms with Crippen LogP contribution in [0.15, 0.2) is 4.52 Å². The van der Waals surface area contributed by atoms with Crippen LogP contribution in [0.1, 0.15) is 31.2 Å². The van der Waals surface area contributed by atoms with E-state index in [2.05, 4.69) is 15.5 Å². The van der Waals surface area contributed by atoms with Crippen molar-refractivity contribution in [2.75, 3.05) is 25.5 Å². The molecule has 1 saturated heterocycles. The molecule has 1 aromatic rings. The molecule has 1 aliphatic rings. The number of rotatable bonds is 2. The standard InChI is InChI=1S/C9H16N4O/c1-13(2)9-11-8(14-12-9)7-5-3-4-6-10-7/h7,10H,3-6H2,1-2H3/t7-/m0/s1. The van der Waals surface area contributed by atoms with Gasteiger partial charge in [0.1, 0.15) is 0 Å². The van der Waals surface area contributed by atoms with E-state index in [-0.39, 0.29) is 6.04 Å². The van der Waals surface area contributed by atoms with E-state index in [9.17, 15) is 0 Å². The monoisotopic (exact) mass is 196 g/mol. The molecule has 0 spiro atoms. The Kier molecular flexibility index (Phi) is 2.67. The summed E-state index contributed by atoms with van der Waals surface area (Å²) in [4.78, 5) is 6.16. The molecule has 5 heteroatoms. The summed E-state index contributed by atoms with van der Waals surface area (Å²) in [5.74, 6) is 1.36. The van der Waals surface area contributed by atoms with Crippen molar-refractivity contribution in [3.63, 3.8) is 0 Å². The summed E-state index contributed by atoms with van der Waals surface area (Å²) in [6.07, 6.45) is 3.57. The Morgan fingerprint density at radius 3 is 2.86 bits per heavy atom. The van der Waals surface area contributed by atoms with E-state index in [1.165, 1.54) is 12.8 Å². The van der Waals surface area contributed by atoms with E-state index in [4.69, 9.17) is 4.52 Å². The smallest absolute Gasteiger partial charge is 0.265 e. The van der Waals surface area contributed by atoms with Crippen molar-refractivity contribution >= 4 is 5.95 Å².